The number of carbonyl (C=O) groups is 1. The van der Waals surface area contributed by atoms with Gasteiger partial charge >= 0.3 is 0 Å². The highest BCUT2D eigenvalue weighted by Crippen LogP contribution is 2.28. The van der Waals surface area contributed by atoms with E-state index in [0.29, 0.717) is 21.9 Å². The Kier molecular flexibility index (Phi) is 6.37. The van der Waals surface area contributed by atoms with Gasteiger partial charge in [0, 0.05) is 22.7 Å². The second-order valence-corrected chi connectivity index (χ2v) is 6.36. The molecule has 0 bridgehead atoms. The molecule has 0 spiro atoms. The third kappa shape index (κ3) is 5.19. The van der Waals surface area contributed by atoms with E-state index in [2.05, 4.69) is 10.5 Å². The molecule has 0 aliphatic heterocycles. The highest BCUT2D eigenvalue weighted by Gasteiger charge is 2.12. The van der Waals surface area contributed by atoms with Crippen LogP contribution >= 0.6 is 11.6 Å². The number of nitriles is 1. The number of non-ortho nitro benzene ring substituents is 1. The van der Waals surface area contributed by atoms with Crippen LogP contribution in [0.25, 0.3) is 0 Å². The first-order valence-corrected chi connectivity index (χ1v) is 8.89. The van der Waals surface area contributed by atoms with Crippen LogP contribution in [0.4, 0.5) is 5.69 Å². The molecular weight excluding hydrogens is 408 g/mol. The second kappa shape index (κ2) is 9.32. The van der Waals surface area contributed by atoms with Crippen LogP contribution in [-0.2, 0) is 0 Å². The molecule has 9 heteroatoms. The maximum absolute atomic E-state index is 12.0. The van der Waals surface area contributed by atoms with Crippen LogP contribution in [0.15, 0.2) is 71.8 Å². The van der Waals surface area contributed by atoms with Gasteiger partial charge in [0.15, 0.2) is 0 Å². The summed E-state index contributed by atoms with van der Waals surface area (Å²) >= 11 is 5.79. The van der Waals surface area contributed by atoms with Gasteiger partial charge < -0.3 is 4.74 Å². The van der Waals surface area contributed by atoms with Crippen LogP contribution in [0.3, 0.4) is 0 Å². The van der Waals surface area contributed by atoms with Gasteiger partial charge in [-0.1, -0.05) is 11.6 Å². The Bertz CT molecular complexity index is 1150. The molecule has 0 atom stereocenters. The van der Waals surface area contributed by atoms with E-state index in [9.17, 15) is 20.2 Å². The third-order valence-electron chi connectivity index (χ3n) is 3.89. The van der Waals surface area contributed by atoms with E-state index in [1.54, 1.807) is 48.5 Å². The van der Waals surface area contributed by atoms with Gasteiger partial charge in [0.25, 0.3) is 11.6 Å². The van der Waals surface area contributed by atoms with Crippen LogP contribution in [0.5, 0.6) is 11.5 Å². The molecule has 3 aromatic carbocycles. The number of rotatable bonds is 6. The van der Waals surface area contributed by atoms with Gasteiger partial charge in [-0.25, -0.2) is 5.43 Å². The third-order valence-corrected chi connectivity index (χ3v) is 4.14. The van der Waals surface area contributed by atoms with E-state index in [4.69, 9.17) is 16.3 Å². The van der Waals surface area contributed by atoms with Crippen molar-refractivity contribution in [1.29, 1.82) is 5.26 Å². The average Bonchev–Trinajstić information content (AvgIpc) is 2.75. The number of amides is 1. The fraction of sp³-hybridized carbons (Fsp3) is 0. The number of nitrogens with zero attached hydrogens (tertiary/aromatic N) is 3. The molecule has 0 saturated carbocycles. The minimum absolute atomic E-state index is 0.0553. The van der Waals surface area contributed by atoms with E-state index in [0.717, 1.165) is 6.07 Å². The molecule has 0 heterocycles. The van der Waals surface area contributed by atoms with Gasteiger partial charge in [-0.2, -0.15) is 10.4 Å². The van der Waals surface area contributed by atoms with Crippen LogP contribution in [0.1, 0.15) is 21.5 Å². The van der Waals surface area contributed by atoms with Gasteiger partial charge in [-0.3, -0.25) is 14.9 Å². The summed E-state index contributed by atoms with van der Waals surface area (Å²) in [5.74, 6) is 0.271. The smallest absolute Gasteiger partial charge is 0.271 e. The van der Waals surface area contributed by atoms with Crippen molar-refractivity contribution in [2.75, 3.05) is 0 Å². The zero-order valence-electron chi connectivity index (χ0n) is 15.3. The van der Waals surface area contributed by atoms with Gasteiger partial charge in [-0.15, -0.1) is 0 Å². The summed E-state index contributed by atoms with van der Waals surface area (Å²) in [6, 6.07) is 18.8. The highest BCUT2D eigenvalue weighted by atomic mass is 35.5. The minimum atomic E-state index is -0.579. The van der Waals surface area contributed by atoms with Crippen molar-refractivity contribution >= 4 is 29.4 Å². The zero-order chi connectivity index (χ0) is 21.5. The van der Waals surface area contributed by atoms with Gasteiger partial charge in [-0.05, 0) is 60.2 Å². The highest BCUT2D eigenvalue weighted by molar-refractivity contribution is 6.30. The van der Waals surface area contributed by atoms with Crippen molar-refractivity contribution in [3.05, 3.63) is 98.6 Å². The lowest BCUT2D eigenvalue weighted by atomic mass is 10.2. The van der Waals surface area contributed by atoms with E-state index >= 15 is 0 Å². The molecule has 0 saturated heterocycles. The van der Waals surface area contributed by atoms with E-state index < -0.39 is 4.92 Å². The van der Waals surface area contributed by atoms with Gasteiger partial charge in [0.1, 0.15) is 23.1 Å². The second-order valence-electron chi connectivity index (χ2n) is 5.93. The molecule has 30 heavy (non-hydrogen) atoms. The van der Waals surface area contributed by atoms with Gasteiger partial charge in [0.05, 0.1) is 11.1 Å². The SMILES string of the molecule is N#Cc1cc([N+](=O)[O-])ccc1Oc1ccc(/C=N/NC(=O)c2ccc(Cl)cc2)cc1. The number of hydrogen-bond donors (Lipinski definition) is 1. The maximum atomic E-state index is 12.0. The summed E-state index contributed by atoms with van der Waals surface area (Å²) in [4.78, 5) is 22.2. The Morgan fingerprint density at radius 3 is 2.47 bits per heavy atom. The predicted molar refractivity (Wildman–Crippen MR) is 111 cm³/mol. The first-order valence-electron chi connectivity index (χ1n) is 8.51. The summed E-state index contributed by atoms with van der Waals surface area (Å²) in [5, 5.41) is 24.4. The summed E-state index contributed by atoms with van der Waals surface area (Å²) in [6.07, 6.45) is 1.46. The number of hydrazone groups is 1. The summed E-state index contributed by atoms with van der Waals surface area (Å²) < 4.78 is 5.63. The Labute approximate surface area is 176 Å². The summed E-state index contributed by atoms with van der Waals surface area (Å²) in [5.41, 5.74) is 3.41. The molecule has 8 nitrogen and oxygen atoms in total. The first-order chi connectivity index (χ1) is 14.5. The lowest BCUT2D eigenvalue weighted by Gasteiger charge is -2.07. The van der Waals surface area contributed by atoms with Crippen molar-refractivity contribution in [2.45, 2.75) is 0 Å². The number of ether oxygens (including phenoxy) is 1. The number of benzene rings is 3. The first kappa shape index (κ1) is 20.5. The Morgan fingerprint density at radius 2 is 1.83 bits per heavy atom. The van der Waals surface area contributed by atoms with E-state index in [1.165, 1.54) is 18.3 Å². The lowest BCUT2D eigenvalue weighted by Crippen LogP contribution is -2.17. The predicted octanol–water partition coefficient (Wildman–Crippen LogP) is 4.68. The van der Waals surface area contributed by atoms with Gasteiger partial charge in [0.2, 0.25) is 0 Å². The number of hydrogen-bond acceptors (Lipinski definition) is 6. The zero-order valence-corrected chi connectivity index (χ0v) is 16.0. The topological polar surface area (TPSA) is 118 Å². The molecule has 0 radical (unpaired) electrons. The molecule has 3 aromatic rings. The largest absolute Gasteiger partial charge is 0.456 e. The van der Waals surface area contributed by atoms with Crippen LogP contribution in [-0.4, -0.2) is 17.0 Å². The maximum Gasteiger partial charge on any atom is 0.271 e. The molecule has 0 aliphatic rings. The van der Waals surface area contributed by atoms with Crippen molar-refractivity contribution in [2.24, 2.45) is 5.10 Å². The molecule has 0 fully saturated rings. The molecule has 0 aliphatic carbocycles. The molecule has 0 unspecified atom stereocenters. The summed E-state index contributed by atoms with van der Waals surface area (Å²) in [7, 11) is 0. The fourth-order valence-corrected chi connectivity index (χ4v) is 2.51. The Balaban J connectivity index is 1.63. The van der Waals surface area contributed by atoms with Crippen LogP contribution in [0.2, 0.25) is 5.02 Å². The quantitative estimate of drug-likeness (QED) is 0.353. The number of nitro benzene ring substituents is 1. The monoisotopic (exact) mass is 420 g/mol. The molecular formula is C21H13ClN4O4. The standard InChI is InChI=1S/C21H13ClN4O4/c22-17-5-3-15(4-6-17)21(27)25-24-13-14-1-8-19(9-2-14)30-20-10-7-18(26(28)29)11-16(20)12-23/h1-11,13H,(H,25,27)/b24-13+. The fourth-order valence-electron chi connectivity index (χ4n) is 2.39. The van der Waals surface area contributed by atoms with Crippen LogP contribution in [0, 0.1) is 21.4 Å². The number of nitro groups is 1. The average molecular weight is 421 g/mol. The van der Waals surface area contributed by atoms with Crippen molar-refractivity contribution in [3.63, 3.8) is 0 Å². The van der Waals surface area contributed by atoms with E-state index in [-0.39, 0.29) is 22.9 Å². The summed E-state index contributed by atoms with van der Waals surface area (Å²) in [6.45, 7) is 0. The molecule has 0 aromatic heterocycles. The molecule has 1 amide bonds. The van der Waals surface area contributed by atoms with Crippen molar-refractivity contribution < 1.29 is 14.5 Å². The number of carbonyl (C=O) groups excluding carboxylic acids is 1. The molecule has 1 N–H and O–H groups in total. The normalized spacial score (nSPS) is 10.4. The Hall–Kier alpha value is -4.22. The van der Waals surface area contributed by atoms with Crippen molar-refractivity contribution in [3.8, 4) is 17.6 Å². The van der Waals surface area contributed by atoms with Crippen molar-refractivity contribution in [1.82, 2.24) is 5.43 Å². The number of nitrogens with one attached hydrogen (secondary N) is 1. The van der Waals surface area contributed by atoms with E-state index in [1.807, 2.05) is 6.07 Å². The minimum Gasteiger partial charge on any atom is -0.456 e. The lowest BCUT2D eigenvalue weighted by molar-refractivity contribution is -0.384. The molecule has 148 valence electrons. The molecule has 3 rings (SSSR count). The number of halogens is 1. The Morgan fingerprint density at radius 1 is 1.13 bits per heavy atom. The van der Waals surface area contributed by atoms with Crippen LogP contribution < -0.4 is 10.2 Å².